The van der Waals surface area contributed by atoms with E-state index in [1.165, 1.54) is 11.3 Å². The van der Waals surface area contributed by atoms with Crippen molar-refractivity contribution in [2.45, 2.75) is 13.5 Å². The van der Waals surface area contributed by atoms with Crippen LogP contribution in [0.15, 0.2) is 52.6 Å². The number of H-pyrrole nitrogens is 1. The summed E-state index contributed by atoms with van der Waals surface area (Å²) in [5.41, 5.74) is 1.95. The number of benzene rings is 2. The molecule has 0 spiro atoms. The van der Waals surface area contributed by atoms with Crippen LogP contribution in [-0.4, -0.2) is 53.1 Å². The number of para-hydroxylation sites is 1. The first-order valence-electron chi connectivity index (χ1n) is 10.7. The molecule has 0 atom stereocenters. The van der Waals surface area contributed by atoms with E-state index in [9.17, 15) is 9.59 Å². The van der Waals surface area contributed by atoms with Gasteiger partial charge in [0.2, 0.25) is 5.91 Å². The Morgan fingerprint density at radius 2 is 1.97 bits per heavy atom. The van der Waals surface area contributed by atoms with Crippen molar-refractivity contribution in [1.29, 1.82) is 0 Å². The van der Waals surface area contributed by atoms with Crippen LogP contribution < -0.4 is 20.3 Å². The van der Waals surface area contributed by atoms with E-state index in [4.69, 9.17) is 9.47 Å². The molecule has 0 aliphatic carbocycles. The average Bonchev–Trinajstić information content (AvgIpc) is 3.31. The van der Waals surface area contributed by atoms with Gasteiger partial charge in [-0.1, -0.05) is 19.1 Å². The molecule has 0 aliphatic heterocycles. The zero-order chi connectivity index (χ0) is 24.1. The SMILES string of the molecule is CCN(CC(=O)Nc1nc(-c2ccc(OC)cc2OC)cs1)Cc1nc2ccccc2c(=O)[nH]1. The third-order valence-corrected chi connectivity index (χ3v) is 6.04. The van der Waals surface area contributed by atoms with Crippen LogP contribution in [0.5, 0.6) is 11.5 Å². The van der Waals surface area contributed by atoms with Crippen molar-refractivity contribution in [3.8, 4) is 22.8 Å². The number of rotatable bonds is 9. The third-order valence-electron chi connectivity index (χ3n) is 5.28. The lowest BCUT2D eigenvalue weighted by Crippen LogP contribution is -2.33. The van der Waals surface area contributed by atoms with Gasteiger partial charge in [-0.15, -0.1) is 11.3 Å². The molecular formula is C24H25N5O4S. The molecule has 2 aromatic heterocycles. The summed E-state index contributed by atoms with van der Waals surface area (Å²) in [5, 5.41) is 5.75. The van der Waals surface area contributed by atoms with Crippen molar-refractivity contribution in [2.24, 2.45) is 0 Å². The van der Waals surface area contributed by atoms with Gasteiger partial charge in [-0.2, -0.15) is 0 Å². The summed E-state index contributed by atoms with van der Waals surface area (Å²) in [7, 11) is 3.18. The summed E-state index contributed by atoms with van der Waals surface area (Å²) in [4.78, 5) is 38.8. The van der Waals surface area contributed by atoms with Crippen molar-refractivity contribution < 1.29 is 14.3 Å². The average molecular weight is 480 g/mol. The van der Waals surface area contributed by atoms with Crippen molar-refractivity contribution in [3.63, 3.8) is 0 Å². The van der Waals surface area contributed by atoms with Crippen LogP contribution in [0, 0.1) is 0 Å². The van der Waals surface area contributed by atoms with E-state index in [2.05, 4.69) is 20.3 Å². The van der Waals surface area contributed by atoms with Crippen molar-refractivity contribution in [1.82, 2.24) is 19.9 Å². The fourth-order valence-corrected chi connectivity index (χ4v) is 4.25. The summed E-state index contributed by atoms with van der Waals surface area (Å²) < 4.78 is 10.7. The van der Waals surface area contributed by atoms with Crippen molar-refractivity contribution in [3.05, 3.63) is 64.0 Å². The van der Waals surface area contributed by atoms with Gasteiger partial charge < -0.3 is 19.8 Å². The Balaban J connectivity index is 1.42. The van der Waals surface area contributed by atoms with Crippen molar-refractivity contribution in [2.75, 3.05) is 32.6 Å². The molecule has 176 valence electrons. The van der Waals surface area contributed by atoms with Crippen molar-refractivity contribution >= 4 is 33.3 Å². The molecule has 1 amide bonds. The third kappa shape index (κ3) is 5.24. The Hall–Kier alpha value is -3.76. The number of nitrogens with zero attached hydrogens (tertiary/aromatic N) is 3. The number of nitrogens with one attached hydrogen (secondary N) is 2. The molecule has 2 N–H and O–H groups in total. The monoisotopic (exact) mass is 479 g/mol. The summed E-state index contributed by atoms with van der Waals surface area (Å²) >= 11 is 1.34. The largest absolute Gasteiger partial charge is 0.497 e. The lowest BCUT2D eigenvalue weighted by molar-refractivity contribution is -0.117. The van der Waals surface area contributed by atoms with E-state index in [1.807, 2.05) is 35.4 Å². The van der Waals surface area contributed by atoms with E-state index in [1.54, 1.807) is 38.5 Å². The summed E-state index contributed by atoms with van der Waals surface area (Å²) in [5.74, 6) is 1.64. The second-order valence-electron chi connectivity index (χ2n) is 7.49. The Bertz CT molecular complexity index is 1370. The maximum absolute atomic E-state index is 12.7. The highest BCUT2D eigenvalue weighted by molar-refractivity contribution is 7.14. The fraction of sp³-hybridized carbons (Fsp3) is 0.250. The zero-order valence-corrected chi connectivity index (χ0v) is 19.9. The molecule has 4 aromatic rings. The highest BCUT2D eigenvalue weighted by atomic mass is 32.1. The summed E-state index contributed by atoms with van der Waals surface area (Å²) in [6.45, 7) is 3.03. The number of ether oxygens (including phenoxy) is 2. The summed E-state index contributed by atoms with van der Waals surface area (Å²) in [6, 6.07) is 12.7. The molecule has 4 rings (SSSR count). The molecule has 10 heteroatoms. The normalized spacial score (nSPS) is 11.1. The Morgan fingerprint density at radius 3 is 2.74 bits per heavy atom. The first-order chi connectivity index (χ1) is 16.5. The number of aromatic amines is 1. The minimum Gasteiger partial charge on any atom is -0.497 e. The minimum absolute atomic E-state index is 0.133. The Labute approximate surface area is 200 Å². The van der Waals surface area contributed by atoms with E-state index in [0.29, 0.717) is 52.1 Å². The molecule has 0 bridgehead atoms. The van der Waals surface area contributed by atoms with Crippen LogP contribution in [0.2, 0.25) is 0 Å². The van der Waals surface area contributed by atoms with Gasteiger partial charge in [0.1, 0.15) is 17.3 Å². The number of methoxy groups -OCH3 is 2. The molecule has 0 unspecified atom stereocenters. The topological polar surface area (TPSA) is 109 Å². The predicted octanol–water partition coefficient (Wildman–Crippen LogP) is 3.52. The molecule has 0 radical (unpaired) electrons. The van der Waals surface area contributed by atoms with Gasteiger partial charge >= 0.3 is 0 Å². The fourth-order valence-electron chi connectivity index (χ4n) is 3.53. The van der Waals surface area contributed by atoms with Crippen LogP contribution in [0.4, 0.5) is 5.13 Å². The number of fused-ring (bicyclic) bond motifs is 1. The molecule has 0 saturated carbocycles. The van der Waals surface area contributed by atoms with Gasteiger partial charge in [-0.25, -0.2) is 9.97 Å². The van der Waals surface area contributed by atoms with E-state index in [0.717, 1.165) is 5.56 Å². The highest BCUT2D eigenvalue weighted by Gasteiger charge is 2.15. The van der Waals surface area contributed by atoms with Crippen LogP contribution in [0.25, 0.3) is 22.2 Å². The smallest absolute Gasteiger partial charge is 0.258 e. The number of carbonyl (C=O) groups is 1. The number of carbonyl (C=O) groups excluding carboxylic acids is 1. The molecule has 2 heterocycles. The molecule has 0 aliphatic rings. The number of likely N-dealkylation sites (N-methyl/N-ethyl adjacent to an activating group) is 1. The van der Waals surface area contributed by atoms with Gasteiger partial charge in [0.15, 0.2) is 5.13 Å². The first-order valence-corrected chi connectivity index (χ1v) is 11.6. The second-order valence-corrected chi connectivity index (χ2v) is 8.34. The zero-order valence-electron chi connectivity index (χ0n) is 19.1. The Kier molecular flexibility index (Phi) is 7.19. The molecule has 34 heavy (non-hydrogen) atoms. The predicted molar refractivity (Wildman–Crippen MR) is 133 cm³/mol. The first kappa shape index (κ1) is 23.4. The van der Waals surface area contributed by atoms with Crippen LogP contribution in [0.1, 0.15) is 12.7 Å². The number of amides is 1. The second kappa shape index (κ2) is 10.4. The van der Waals surface area contributed by atoms with Crippen LogP contribution in [0.3, 0.4) is 0 Å². The van der Waals surface area contributed by atoms with Gasteiger partial charge in [0.05, 0.1) is 43.9 Å². The maximum Gasteiger partial charge on any atom is 0.258 e. The van der Waals surface area contributed by atoms with E-state index < -0.39 is 0 Å². The van der Waals surface area contributed by atoms with E-state index >= 15 is 0 Å². The quantitative estimate of drug-likeness (QED) is 0.378. The summed E-state index contributed by atoms with van der Waals surface area (Å²) in [6.07, 6.45) is 0. The van der Waals surface area contributed by atoms with Gasteiger partial charge in [-0.05, 0) is 30.8 Å². The number of hydrogen-bond acceptors (Lipinski definition) is 8. The molecule has 9 nitrogen and oxygen atoms in total. The van der Waals surface area contributed by atoms with Gasteiger partial charge in [0, 0.05) is 17.0 Å². The van der Waals surface area contributed by atoms with Crippen LogP contribution in [-0.2, 0) is 11.3 Å². The maximum atomic E-state index is 12.7. The lowest BCUT2D eigenvalue weighted by Gasteiger charge is -2.18. The highest BCUT2D eigenvalue weighted by Crippen LogP contribution is 2.34. The number of hydrogen-bond donors (Lipinski definition) is 2. The van der Waals surface area contributed by atoms with Gasteiger partial charge in [-0.3, -0.25) is 14.5 Å². The molecule has 2 aromatic carbocycles. The van der Waals surface area contributed by atoms with E-state index in [-0.39, 0.29) is 18.0 Å². The molecular weight excluding hydrogens is 454 g/mol. The van der Waals surface area contributed by atoms with Crippen LogP contribution >= 0.6 is 11.3 Å². The molecule has 0 saturated heterocycles. The number of aromatic nitrogens is 3. The Morgan fingerprint density at radius 1 is 1.15 bits per heavy atom. The lowest BCUT2D eigenvalue weighted by atomic mass is 10.1. The number of anilines is 1. The minimum atomic E-state index is -0.201. The van der Waals surface area contributed by atoms with Gasteiger partial charge in [0.25, 0.3) is 5.56 Å². The number of thiazole rings is 1. The standard InChI is InChI=1S/C24H25N5O4S/c1-4-29(12-21-25-18-8-6-5-7-17(18)23(31)27-21)13-22(30)28-24-26-19(14-34-24)16-10-9-15(32-2)11-20(16)33-3/h5-11,14H,4,12-13H2,1-3H3,(H,25,27,31)(H,26,28,30). The molecule has 0 fully saturated rings.